The Bertz CT molecular complexity index is 967. The lowest BCUT2D eigenvalue weighted by Gasteiger charge is -2.28. The molecule has 1 aliphatic heterocycles. The third-order valence-electron chi connectivity index (χ3n) is 4.50. The Kier molecular flexibility index (Phi) is 4.82. The molecule has 1 aliphatic rings. The van der Waals surface area contributed by atoms with Crippen LogP contribution in [0.1, 0.15) is 43.5 Å². The second-order valence-corrected chi connectivity index (χ2v) is 8.08. The van der Waals surface area contributed by atoms with Crippen molar-refractivity contribution < 1.29 is 14.2 Å². The summed E-state index contributed by atoms with van der Waals surface area (Å²) in [5.41, 5.74) is 8.60. The third kappa shape index (κ3) is 3.12. The summed E-state index contributed by atoms with van der Waals surface area (Å²) in [6, 6.07) is 5.85. The zero-order valence-electron chi connectivity index (χ0n) is 15.8. The van der Waals surface area contributed by atoms with Crippen LogP contribution in [-0.2, 0) is 5.41 Å². The van der Waals surface area contributed by atoms with E-state index < -0.39 is 5.92 Å². The summed E-state index contributed by atoms with van der Waals surface area (Å²) < 4.78 is 17.2. The molecule has 0 bridgehead atoms. The van der Waals surface area contributed by atoms with E-state index in [-0.39, 0.29) is 11.3 Å². The molecule has 0 aliphatic carbocycles. The number of benzene rings is 1. The Morgan fingerprint density at radius 1 is 1.26 bits per heavy atom. The molecular weight excluding hydrogens is 412 g/mol. The maximum absolute atomic E-state index is 9.80. The fourth-order valence-corrected chi connectivity index (χ4v) is 3.77. The van der Waals surface area contributed by atoms with Crippen LogP contribution in [0.3, 0.4) is 0 Å². The van der Waals surface area contributed by atoms with Gasteiger partial charge in [-0.3, -0.25) is 5.10 Å². The molecule has 0 saturated heterocycles. The van der Waals surface area contributed by atoms with Crippen molar-refractivity contribution in [1.29, 1.82) is 5.26 Å². The first-order chi connectivity index (χ1) is 12.7. The number of nitrogens with two attached hydrogens (primary N) is 1. The molecule has 0 unspecified atom stereocenters. The molecular formula is C19H21BrN4O3. The van der Waals surface area contributed by atoms with Gasteiger partial charge in [-0.05, 0) is 17.7 Å². The summed E-state index contributed by atoms with van der Waals surface area (Å²) in [6.07, 6.45) is 0. The highest BCUT2D eigenvalue weighted by Gasteiger charge is 2.39. The van der Waals surface area contributed by atoms with Crippen LogP contribution in [0.15, 0.2) is 28.1 Å². The zero-order chi connectivity index (χ0) is 19.9. The van der Waals surface area contributed by atoms with Crippen LogP contribution in [0.5, 0.6) is 17.4 Å². The first-order valence-corrected chi connectivity index (χ1v) is 9.10. The molecule has 142 valence electrons. The number of nitrogens with one attached hydrogen (secondary N) is 1. The molecule has 1 aromatic carbocycles. The van der Waals surface area contributed by atoms with Crippen molar-refractivity contribution >= 4 is 15.9 Å². The third-order valence-corrected chi connectivity index (χ3v) is 5.19. The number of nitrogens with zero attached hydrogens (tertiary/aromatic N) is 2. The number of aromatic nitrogens is 2. The van der Waals surface area contributed by atoms with Crippen LogP contribution >= 0.6 is 15.9 Å². The van der Waals surface area contributed by atoms with Crippen LogP contribution in [0.2, 0.25) is 0 Å². The largest absolute Gasteiger partial charge is 0.493 e. The Balaban J connectivity index is 2.32. The van der Waals surface area contributed by atoms with Gasteiger partial charge < -0.3 is 19.9 Å². The minimum atomic E-state index is -0.457. The number of H-pyrrole nitrogens is 1. The summed E-state index contributed by atoms with van der Waals surface area (Å²) in [7, 11) is 3.14. The Hall–Kier alpha value is -2.66. The molecule has 0 spiro atoms. The maximum Gasteiger partial charge on any atom is 0.244 e. The lowest BCUT2D eigenvalue weighted by atomic mass is 9.78. The van der Waals surface area contributed by atoms with Crippen molar-refractivity contribution in [2.45, 2.75) is 32.1 Å². The quantitative estimate of drug-likeness (QED) is 0.765. The molecule has 0 radical (unpaired) electrons. The van der Waals surface area contributed by atoms with Gasteiger partial charge >= 0.3 is 0 Å². The Morgan fingerprint density at radius 3 is 2.44 bits per heavy atom. The van der Waals surface area contributed by atoms with Gasteiger partial charge in [-0.2, -0.15) is 5.26 Å². The van der Waals surface area contributed by atoms with Crippen molar-refractivity contribution in [2.24, 2.45) is 5.73 Å². The van der Waals surface area contributed by atoms with E-state index in [1.165, 1.54) is 0 Å². The van der Waals surface area contributed by atoms with Crippen molar-refractivity contribution in [3.8, 4) is 23.4 Å². The lowest BCUT2D eigenvalue weighted by Crippen LogP contribution is -2.24. The summed E-state index contributed by atoms with van der Waals surface area (Å²) in [5, 5.41) is 17.1. The molecule has 27 heavy (non-hydrogen) atoms. The van der Waals surface area contributed by atoms with Gasteiger partial charge in [-0.15, -0.1) is 5.10 Å². The Labute approximate surface area is 166 Å². The molecule has 3 rings (SSSR count). The highest BCUT2D eigenvalue weighted by molar-refractivity contribution is 9.10. The molecule has 0 saturated carbocycles. The number of methoxy groups -OCH3 is 2. The number of allylic oxidation sites excluding steroid dienone is 1. The van der Waals surface area contributed by atoms with Gasteiger partial charge in [0.15, 0.2) is 11.5 Å². The normalized spacial score (nSPS) is 16.4. The number of halogens is 1. The number of fused-ring (bicyclic) bond motifs is 1. The number of rotatable bonds is 3. The fraction of sp³-hybridized carbons (Fsp3) is 0.368. The summed E-state index contributed by atoms with van der Waals surface area (Å²) >= 11 is 3.60. The SMILES string of the molecule is COc1cc(Br)c([C@H]2C(C#N)=C(N)Oc3n[nH]c(C(C)(C)C)c32)cc1OC. The molecule has 0 fully saturated rings. The number of hydrogen-bond acceptors (Lipinski definition) is 6. The lowest BCUT2D eigenvalue weighted by molar-refractivity contribution is 0.353. The van der Waals surface area contributed by atoms with Gasteiger partial charge in [0.05, 0.1) is 25.7 Å². The Morgan fingerprint density at radius 2 is 1.89 bits per heavy atom. The van der Waals surface area contributed by atoms with Gasteiger partial charge in [0.2, 0.25) is 11.8 Å². The molecule has 7 nitrogen and oxygen atoms in total. The van der Waals surface area contributed by atoms with Crippen LogP contribution in [0.25, 0.3) is 0 Å². The standard InChI is InChI=1S/C19H21BrN4O3/c1-19(2,3)16-15-14(10(8-21)17(22)27-18(15)24-23-16)9-6-12(25-4)13(26-5)7-11(9)20/h6-7,14H,22H2,1-5H3,(H,23,24)/t14-/m0/s1. The molecule has 1 aromatic heterocycles. The number of nitriles is 1. The topological polar surface area (TPSA) is 106 Å². The second kappa shape index (κ2) is 6.82. The molecule has 3 N–H and O–H groups in total. The average Bonchev–Trinajstić information content (AvgIpc) is 3.04. The maximum atomic E-state index is 9.80. The van der Waals surface area contributed by atoms with Gasteiger partial charge in [-0.1, -0.05) is 36.7 Å². The first-order valence-electron chi connectivity index (χ1n) is 8.30. The van der Waals surface area contributed by atoms with E-state index in [9.17, 15) is 5.26 Å². The highest BCUT2D eigenvalue weighted by atomic mass is 79.9. The molecule has 1 atom stereocenters. The fourth-order valence-electron chi connectivity index (χ4n) is 3.22. The molecule has 2 heterocycles. The highest BCUT2D eigenvalue weighted by Crippen LogP contribution is 2.49. The summed E-state index contributed by atoms with van der Waals surface area (Å²) in [5.74, 6) is 1.10. The van der Waals surface area contributed by atoms with Gasteiger partial charge in [0.1, 0.15) is 11.6 Å². The van der Waals surface area contributed by atoms with E-state index in [1.54, 1.807) is 14.2 Å². The predicted molar refractivity (Wildman–Crippen MR) is 104 cm³/mol. The summed E-state index contributed by atoms with van der Waals surface area (Å²) in [6.45, 7) is 6.19. The van der Waals surface area contributed by atoms with E-state index in [4.69, 9.17) is 19.9 Å². The predicted octanol–water partition coefficient (Wildman–Crippen LogP) is 3.71. The van der Waals surface area contributed by atoms with Crippen molar-refractivity contribution in [1.82, 2.24) is 10.2 Å². The summed E-state index contributed by atoms with van der Waals surface area (Å²) in [4.78, 5) is 0. The smallest absolute Gasteiger partial charge is 0.244 e. The van der Waals surface area contributed by atoms with E-state index in [0.29, 0.717) is 23.0 Å². The molecule has 2 aromatic rings. The van der Waals surface area contributed by atoms with Gasteiger partial charge in [0, 0.05) is 15.6 Å². The van der Waals surface area contributed by atoms with Crippen molar-refractivity contribution in [3.05, 3.63) is 44.9 Å². The number of ether oxygens (including phenoxy) is 3. The van der Waals surface area contributed by atoms with Crippen LogP contribution in [-0.4, -0.2) is 24.4 Å². The van der Waals surface area contributed by atoms with Crippen LogP contribution in [0, 0.1) is 11.3 Å². The monoisotopic (exact) mass is 432 g/mol. The zero-order valence-corrected chi connectivity index (χ0v) is 17.4. The van der Waals surface area contributed by atoms with Gasteiger partial charge in [0.25, 0.3) is 0 Å². The van der Waals surface area contributed by atoms with Crippen molar-refractivity contribution in [3.63, 3.8) is 0 Å². The van der Waals surface area contributed by atoms with Crippen LogP contribution in [0.4, 0.5) is 0 Å². The second-order valence-electron chi connectivity index (χ2n) is 7.22. The average molecular weight is 433 g/mol. The van der Waals surface area contributed by atoms with Crippen molar-refractivity contribution in [2.75, 3.05) is 14.2 Å². The van der Waals surface area contributed by atoms with E-state index in [1.807, 2.05) is 12.1 Å². The van der Waals surface area contributed by atoms with Gasteiger partial charge in [-0.25, -0.2) is 0 Å². The van der Waals surface area contributed by atoms with E-state index >= 15 is 0 Å². The van der Waals surface area contributed by atoms with Crippen LogP contribution < -0.4 is 19.9 Å². The van der Waals surface area contributed by atoms with E-state index in [2.05, 4.69) is 53.0 Å². The van der Waals surface area contributed by atoms with E-state index in [0.717, 1.165) is 21.3 Å². The minimum absolute atomic E-state index is 0.0450. The first kappa shape index (κ1) is 19.1. The number of aromatic amines is 1. The molecule has 8 heteroatoms. The molecule has 0 amide bonds. The number of hydrogen-bond donors (Lipinski definition) is 2. The minimum Gasteiger partial charge on any atom is -0.493 e.